The first-order chi connectivity index (χ1) is 14.1. The van der Waals surface area contributed by atoms with E-state index < -0.39 is 11.7 Å². The first kappa shape index (κ1) is 20.7. The minimum Gasteiger partial charge on any atom is -0.508 e. The van der Waals surface area contributed by atoms with Crippen molar-refractivity contribution in [2.24, 2.45) is 9.98 Å². The molecule has 6 nitrogen and oxygen atoms in total. The zero-order valence-corrected chi connectivity index (χ0v) is 15.2. The van der Waals surface area contributed by atoms with E-state index >= 15 is 0 Å². The van der Waals surface area contributed by atoms with Gasteiger partial charge in [-0.3, -0.25) is 9.98 Å². The van der Waals surface area contributed by atoms with Crippen molar-refractivity contribution in [1.29, 1.82) is 0 Å². The second-order valence-electron chi connectivity index (χ2n) is 6.24. The summed E-state index contributed by atoms with van der Waals surface area (Å²) in [5, 5.41) is 38.1. The lowest BCUT2D eigenvalue weighted by molar-refractivity contribution is -0.137. The van der Waals surface area contributed by atoms with Crippen molar-refractivity contribution < 1.29 is 33.6 Å². The Hall–Kier alpha value is -4.01. The highest BCUT2D eigenvalue weighted by Crippen LogP contribution is 2.35. The second-order valence-corrected chi connectivity index (χ2v) is 6.24. The van der Waals surface area contributed by atoms with Gasteiger partial charge in [0.15, 0.2) is 0 Å². The van der Waals surface area contributed by atoms with Crippen molar-refractivity contribution in [2.45, 2.75) is 6.18 Å². The smallest absolute Gasteiger partial charge is 0.416 e. The Morgan fingerprint density at radius 1 is 0.633 bits per heavy atom. The third-order valence-electron chi connectivity index (χ3n) is 3.96. The van der Waals surface area contributed by atoms with Crippen LogP contribution in [0.5, 0.6) is 23.0 Å². The number of hydrogen-bond donors (Lipinski definition) is 4. The van der Waals surface area contributed by atoms with Crippen molar-refractivity contribution >= 4 is 23.8 Å². The number of phenolic OH excluding ortho intramolecular Hbond substituents is 4. The van der Waals surface area contributed by atoms with Gasteiger partial charge in [0.25, 0.3) is 0 Å². The average Bonchev–Trinajstić information content (AvgIpc) is 2.66. The van der Waals surface area contributed by atoms with Crippen LogP contribution >= 0.6 is 0 Å². The summed E-state index contributed by atoms with van der Waals surface area (Å²) in [5.41, 5.74) is -0.721. The maximum Gasteiger partial charge on any atom is 0.416 e. The van der Waals surface area contributed by atoms with Crippen LogP contribution in [-0.2, 0) is 6.18 Å². The quantitative estimate of drug-likeness (QED) is 0.448. The van der Waals surface area contributed by atoms with E-state index in [2.05, 4.69) is 9.98 Å². The molecule has 3 aromatic carbocycles. The van der Waals surface area contributed by atoms with E-state index in [1.807, 2.05) is 0 Å². The Morgan fingerprint density at radius 3 is 1.43 bits per heavy atom. The summed E-state index contributed by atoms with van der Waals surface area (Å²) < 4.78 is 39.8. The highest BCUT2D eigenvalue weighted by molar-refractivity contribution is 5.87. The molecule has 0 aliphatic rings. The zero-order chi connectivity index (χ0) is 21.9. The lowest BCUT2D eigenvalue weighted by Crippen LogP contribution is -2.04. The Labute approximate surface area is 168 Å². The number of halogens is 3. The predicted octanol–water partition coefficient (Wildman–Crippen LogP) is 5.03. The molecule has 0 aliphatic carbocycles. The average molecular weight is 416 g/mol. The normalized spacial score (nSPS) is 12.1. The van der Waals surface area contributed by atoms with Crippen LogP contribution in [0, 0.1) is 0 Å². The molecule has 0 spiro atoms. The number of aliphatic imine (C=N–C) groups is 2. The number of rotatable bonds is 4. The van der Waals surface area contributed by atoms with E-state index in [9.17, 15) is 33.6 Å². The van der Waals surface area contributed by atoms with Crippen LogP contribution in [0.4, 0.5) is 24.5 Å². The van der Waals surface area contributed by atoms with E-state index in [-0.39, 0.29) is 45.5 Å². The summed E-state index contributed by atoms with van der Waals surface area (Å²) >= 11 is 0. The molecule has 0 atom stereocenters. The molecule has 0 bridgehead atoms. The SMILES string of the molecule is Oc1ccc(C=Nc2cc(N=Cc3ccc(O)cc3O)cc(C(F)(F)F)c2)c(O)c1. The fourth-order valence-corrected chi connectivity index (χ4v) is 2.48. The molecule has 3 aromatic rings. The standard InChI is InChI=1S/C21H15F3N2O4/c22-21(23,24)14-5-15(25-10-12-1-3-17(27)8-19(12)29)7-16(6-14)26-11-13-2-4-18(28)9-20(13)30/h1-11,27-30H. The summed E-state index contributed by atoms with van der Waals surface area (Å²) in [6.07, 6.45) is -2.33. The molecule has 0 unspecified atom stereocenters. The van der Waals surface area contributed by atoms with Crippen molar-refractivity contribution in [3.05, 3.63) is 71.3 Å². The molecule has 0 heterocycles. The summed E-state index contributed by atoms with van der Waals surface area (Å²) in [6, 6.07) is 10.4. The van der Waals surface area contributed by atoms with Gasteiger partial charge in [0.05, 0.1) is 16.9 Å². The third-order valence-corrected chi connectivity index (χ3v) is 3.96. The predicted molar refractivity (Wildman–Crippen MR) is 105 cm³/mol. The number of alkyl halides is 3. The van der Waals surface area contributed by atoms with Gasteiger partial charge < -0.3 is 20.4 Å². The highest BCUT2D eigenvalue weighted by Gasteiger charge is 2.31. The molecular weight excluding hydrogens is 401 g/mol. The fourth-order valence-electron chi connectivity index (χ4n) is 2.48. The molecule has 9 heteroatoms. The number of hydrogen-bond acceptors (Lipinski definition) is 6. The Balaban J connectivity index is 1.97. The highest BCUT2D eigenvalue weighted by atomic mass is 19.4. The van der Waals surface area contributed by atoms with Crippen LogP contribution in [0.15, 0.2) is 64.6 Å². The van der Waals surface area contributed by atoms with Crippen LogP contribution in [0.3, 0.4) is 0 Å². The monoisotopic (exact) mass is 416 g/mol. The molecule has 0 saturated carbocycles. The summed E-state index contributed by atoms with van der Waals surface area (Å²) in [7, 11) is 0. The molecule has 4 N–H and O–H groups in total. The Bertz CT molecular complexity index is 1060. The van der Waals surface area contributed by atoms with Crippen LogP contribution in [-0.4, -0.2) is 32.9 Å². The van der Waals surface area contributed by atoms with Crippen LogP contribution in [0.1, 0.15) is 16.7 Å². The second kappa shape index (κ2) is 8.16. The van der Waals surface area contributed by atoms with Gasteiger partial charge in [-0.1, -0.05) is 0 Å². The molecule has 0 fully saturated rings. The lowest BCUT2D eigenvalue weighted by Gasteiger charge is -2.09. The van der Waals surface area contributed by atoms with Crippen LogP contribution < -0.4 is 0 Å². The third kappa shape index (κ3) is 5.07. The Morgan fingerprint density at radius 2 is 1.07 bits per heavy atom. The maximum atomic E-state index is 13.3. The molecule has 3 rings (SSSR count). The van der Waals surface area contributed by atoms with Gasteiger partial charge in [-0.15, -0.1) is 0 Å². The van der Waals surface area contributed by atoms with E-state index in [0.29, 0.717) is 0 Å². The van der Waals surface area contributed by atoms with E-state index in [0.717, 1.165) is 36.7 Å². The van der Waals surface area contributed by atoms with E-state index in [1.54, 1.807) is 0 Å². The van der Waals surface area contributed by atoms with Gasteiger partial charge in [0, 0.05) is 35.7 Å². The maximum absolute atomic E-state index is 13.3. The molecule has 30 heavy (non-hydrogen) atoms. The van der Waals surface area contributed by atoms with Crippen molar-refractivity contribution in [3.63, 3.8) is 0 Å². The van der Waals surface area contributed by atoms with Crippen LogP contribution in [0.25, 0.3) is 0 Å². The molecule has 0 aromatic heterocycles. The van der Waals surface area contributed by atoms with Gasteiger partial charge >= 0.3 is 6.18 Å². The van der Waals surface area contributed by atoms with Gasteiger partial charge in [0.2, 0.25) is 0 Å². The van der Waals surface area contributed by atoms with Crippen LogP contribution in [0.2, 0.25) is 0 Å². The fraction of sp³-hybridized carbons (Fsp3) is 0.0476. The number of benzene rings is 3. The van der Waals surface area contributed by atoms with E-state index in [1.165, 1.54) is 30.3 Å². The van der Waals surface area contributed by atoms with Crippen molar-refractivity contribution in [2.75, 3.05) is 0 Å². The zero-order valence-electron chi connectivity index (χ0n) is 15.2. The number of phenols is 4. The first-order valence-corrected chi connectivity index (χ1v) is 8.46. The topological polar surface area (TPSA) is 106 Å². The first-order valence-electron chi connectivity index (χ1n) is 8.46. The molecular formula is C21H15F3N2O4. The summed E-state index contributed by atoms with van der Waals surface area (Å²) in [4.78, 5) is 7.93. The molecule has 0 radical (unpaired) electrons. The molecule has 0 aliphatic heterocycles. The summed E-state index contributed by atoms with van der Waals surface area (Å²) in [6.45, 7) is 0. The number of aromatic hydroxyl groups is 4. The van der Waals surface area contributed by atoms with Gasteiger partial charge in [0.1, 0.15) is 23.0 Å². The summed E-state index contributed by atoms with van der Waals surface area (Å²) in [5.74, 6) is -0.908. The lowest BCUT2D eigenvalue weighted by atomic mass is 10.1. The molecule has 0 saturated heterocycles. The Kier molecular flexibility index (Phi) is 5.63. The van der Waals surface area contributed by atoms with Gasteiger partial charge in [-0.25, -0.2) is 0 Å². The molecule has 154 valence electrons. The number of nitrogens with zero attached hydrogens (tertiary/aromatic N) is 2. The largest absolute Gasteiger partial charge is 0.508 e. The van der Waals surface area contributed by atoms with E-state index in [4.69, 9.17) is 0 Å². The molecule has 0 amide bonds. The minimum atomic E-state index is -4.64. The van der Waals surface area contributed by atoms with Crippen molar-refractivity contribution in [3.8, 4) is 23.0 Å². The van der Waals surface area contributed by atoms with Gasteiger partial charge in [-0.05, 0) is 42.5 Å². The van der Waals surface area contributed by atoms with Gasteiger partial charge in [-0.2, -0.15) is 13.2 Å². The van der Waals surface area contributed by atoms with Crippen molar-refractivity contribution in [1.82, 2.24) is 0 Å². The minimum absolute atomic E-state index is 0.0700.